The Bertz CT molecular complexity index is 349. The van der Waals surface area contributed by atoms with Crippen molar-refractivity contribution in [3.8, 4) is 0 Å². The van der Waals surface area contributed by atoms with Crippen LogP contribution in [0.3, 0.4) is 0 Å². The van der Waals surface area contributed by atoms with Gasteiger partial charge in [0.05, 0.1) is 6.54 Å². The van der Waals surface area contributed by atoms with Crippen molar-refractivity contribution in [3.63, 3.8) is 0 Å². The van der Waals surface area contributed by atoms with Crippen LogP contribution in [-0.4, -0.2) is 61.6 Å². The zero-order valence-corrected chi connectivity index (χ0v) is 14.5. The molecule has 0 bridgehead atoms. The minimum absolute atomic E-state index is 0.643. The molecule has 4 heteroatoms. The second kappa shape index (κ2) is 7.48. The second-order valence-electron chi connectivity index (χ2n) is 7.00. The highest BCUT2D eigenvalue weighted by Gasteiger charge is 2.43. The van der Waals surface area contributed by atoms with E-state index in [-0.39, 0.29) is 0 Å². The molecule has 0 aromatic heterocycles. The van der Waals surface area contributed by atoms with E-state index in [1.165, 1.54) is 45.2 Å². The summed E-state index contributed by atoms with van der Waals surface area (Å²) in [4.78, 5) is 9.77. The molecule has 1 spiro atoms. The molecule has 21 heavy (non-hydrogen) atoms. The lowest BCUT2D eigenvalue weighted by atomic mass is 9.68. The van der Waals surface area contributed by atoms with Crippen LogP contribution in [0.15, 0.2) is 4.99 Å². The zero-order chi connectivity index (χ0) is 15.3. The van der Waals surface area contributed by atoms with Crippen LogP contribution in [0, 0.1) is 5.41 Å². The van der Waals surface area contributed by atoms with E-state index in [9.17, 15) is 0 Å². The summed E-state index contributed by atoms with van der Waals surface area (Å²) in [5.41, 5.74) is 0.643. The summed E-state index contributed by atoms with van der Waals surface area (Å²) in [5, 5.41) is 3.48. The predicted octanol–water partition coefficient (Wildman–Crippen LogP) is 2.56. The molecule has 0 aromatic rings. The molecule has 0 radical (unpaired) electrons. The van der Waals surface area contributed by atoms with Crippen LogP contribution in [-0.2, 0) is 0 Å². The summed E-state index contributed by atoms with van der Waals surface area (Å²) in [6.07, 6.45) is 6.86. The molecule has 2 aliphatic rings. The molecule has 1 unspecified atom stereocenters. The molecular weight excluding hydrogens is 260 g/mol. The first-order valence-corrected chi connectivity index (χ1v) is 8.84. The van der Waals surface area contributed by atoms with Gasteiger partial charge in [0.1, 0.15) is 0 Å². The molecule has 1 saturated heterocycles. The van der Waals surface area contributed by atoms with E-state index in [1.807, 2.05) is 0 Å². The fourth-order valence-corrected chi connectivity index (χ4v) is 3.47. The van der Waals surface area contributed by atoms with Gasteiger partial charge >= 0.3 is 0 Å². The normalized spacial score (nSPS) is 22.7. The van der Waals surface area contributed by atoms with Crippen molar-refractivity contribution in [2.24, 2.45) is 10.4 Å². The third-order valence-corrected chi connectivity index (χ3v) is 5.54. The number of likely N-dealkylation sites (tertiary alicyclic amines) is 1. The van der Waals surface area contributed by atoms with Gasteiger partial charge in [-0.3, -0.25) is 4.99 Å². The first-order valence-electron chi connectivity index (χ1n) is 8.84. The van der Waals surface area contributed by atoms with Crippen molar-refractivity contribution in [1.82, 2.24) is 15.1 Å². The van der Waals surface area contributed by atoms with Gasteiger partial charge < -0.3 is 15.1 Å². The summed E-state index contributed by atoms with van der Waals surface area (Å²) >= 11 is 0. The first-order chi connectivity index (χ1) is 10.1. The fourth-order valence-electron chi connectivity index (χ4n) is 3.47. The Balaban J connectivity index is 1.85. The lowest BCUT2D eigenvalue weighted by Crippen LogP contribution is -2.43. The van der Waals surface area contributed by atoms with Crippen LogP contribution in [0.25, 0.3) is 0 Å². The van der Waals surface area contributed by atoms with Crippen LogP contribution in [0.5, 0.6) is 0 Å². The maximum Gasteiger partial charge on any atom is 0.193 e. The van der Waals surface area contributed by atoms with E-state index < -0.39 is 0 Å². The van der Waals surface area contributed by atoms with Crippen LogP contribution in [0.4, 0.5) is 0 Å². The highest BCUT2D eigenvalue weighted by Crippen LogP contribution is 2.47. The van der Waals surface area contributed by atoms with Gasteiger partial charge in [-0.05, 0) is 52.0 Å². The van der Waals surface area contributed by atoms with Gasteiger partial charge in [0, 0.05) is 32.2 Å². The Morgan fingerprint density at radius 1 is 1.33 bits per heavy atom. The van der Waals surface area contributed by atoms with Crippen LogP contribution < -0.4 is 5.32 Å². The Morgan fingerprint density at radius 2 is 2.10 bits per heavy atom. The van der Waals surface area contributed by atoms with Crippen molar-refractivity contribution in [3.05, 3.63) is 0 Å². The molecule has 1 saturated carbocycles. The highest BCUT2D eigenvalue weighted by atomic mass is 15.3. The molecule has 2 rings (SSSR count). The largest absolute Gasteiger partial charge is 0.357 e. The smallest absolute Gasteiger partial charge is 0.193 e. The van der Waals surface area contributed by atoms with Crippen molar-refractivity contribution >= 4 is 5.96 Å². The third kappa shape index (κ3) is 4.12. The minimum atomic E-state index is 0.643. The average Bonchev–Trinajstić information content (AvgIpc) is 2.90. The van der Waals surface area contributed by atoms with E-state index in [0.29, 0.717) is 11.5 Å². The van der Waals surface area contributed by atoms with E-state index in [4.69, 9.17) is 4.99 Å². The summed E-state index contributed by atoms with van der Waals surface area (Å²) in [6, 6.07) is 0.646. The summed E-state index contributed by atoms with van der Waals surface area (Å²) < 4.78 is 0. The number of likely N-dealkylation sites (N-methyl/N-ethyl adjacent to an activating group) is 1. The quantitative estimate of drug-likeness (QED) is 0.603. The van der Waals surface area contributed by atoms with E-state index in [1.54, 1.807) is 0 Å². The van der Waals surface area contributed by atoms with Gasteiger partial charge in [-0.2, -0.15) is 0 Å². The maximum absolute atomic E-state index is 4.87. The van der Waals surface area contributed by atoms with Gasteiger partial charge in [0.25, 0.3) is 0 Å². The number of hydrogen-bond acceptors (Lipinski definition) is 2. The molecule has 1 aliphatic carbocycles. The summed E-state index contributed by atoms with van der Waals surface area (Å²) in [5.74, 6) is 1.14. The molecule has 1 aliphatic heterocycles. The lowest BCUT2D eigenvalue weighted by Gasteiger charge is -2.38. The average molecular weight is 294 g/mol. The molecule has 1 heterocycles. The summed E-state index contributed by atoms with van der Waals surface area (Å²) in [7, 11) is 2.20. The molecule has 1 atom stereocenters. The monoisotopic (exact) mass is 294 g/mol. The molecule has 122 valence electrons. The SMILES string of the molecule is CCNC(=NCCN(C)C(C)CC)N1CCC2(CCC2)C1. The van der Waals surface area contributed by atoms with Crippen molar-refractivity contribution in [2.45, 2.75) is 58.9 Å². The molecule has 0 aromatic carbocycles. The number of hydrogen-bond donors (Lipinski definition) is 1. The standard InChI is InChI=1S/C17H34N4/c1-5-15(3)20(4)13-11-19-16(18-6-2)21-12-10-17(14-21)8-7-9-17/h15H,5-14H2,1-4H3,(H,18,19). The van der Waals surface area contributed by atoms with Crippen molar-refractivity contribution in [2.75, 3.05) is 39.8 Å². The second-order valence-corrected chi connectivity index (χ2v) is 7.00. The van der Waals surface area contributed by atoms with E-state index in [0.717, 1.165) is 25.6 Å². The predicted molar refractivity (Wildman–Crippen MR) is 90.8 cm³/mol. The Labute approximate surface area is 131 Å². The molecule has 0 amide bonds. The molecular formula is C17H34N4. The lowest BCUT2D eigenvalue weighted by molar-refractivity contribution is 0.151. The first kappa shape index (κ1) is 16.6. The van der Waals surface area contributed by atoms with Gasteiger partial charge in [0.2, 0.25) is 0 Å². The Kier molecular flexibility index (Phi) is 5.91. The number of guanidine groups is 1. The number of aliphatic imine (C=N–C) groups is 1. The van der Waals surface area contributed by atoms with Crippen LogP contribution >= 0.6 is 0 Å². The molecule has 4 nitrogen and oxygen atoms in total. The number of nitrogens with one attached hydrogen (secondary N) is 1. The summed E-state index contributed by atoms with van der Waals surface area (Å²) in [6.45, 7) is 12.0. The molecule has 2 fully saturated rings. The third-order valence-electron chi connectivity index (χ3n) is 5.54. The van der Waals surface area contributed by atoms with Gasteiger partial charge in [-0.25, -0.2) is 0 Å². The fraction of sp³-hybridized carbons (Fsp3) is 0.941. The van der Waals surface area contributed by atoms with Crippen molar-refractivity contribution < 1.29 is 0 Å². The number of nitrogens with zero attached hydrogens (tertiary/aromatic N) is 3. The van der Waals surface area contributed by atoms with E-state index >= 15 is 0 Å². The van der Waals surface area contributed by atoms with Crippen molar-refractivity contribution in [1.29, 1.82) is 0 Å². The Morgan fingerprint density at radius 3 is 2.62 bits per heavy atom. The van der Waals surface area contributed by atoms with Gasteiger partial charge in [-0.1, -0.05) is 13.3 Å². The van der Waals surface area contributed by atoms with Gasteiger partial charge in [-0.15, -0.1) is 0 Å². The number of rotatable bonds is 6. The Hall–Kier alpha value is -0.770. The minimum Gasteiger partial charge on any atom is -0.357 e. The zero-order valence-electron chi connectivity index (χ0n) is 14.5. The van der Waals surface area contributed by atoms with Crippen LogP contribution in [0.2, 0.25) is 0 Å². The topological polar surface area (TPSA) is 30.9 Å². The van der Waals surface area contributed by atoms with E-state index in [2.05, 4.69) is 42.9 Å². The highest BCUT2D eigenvalue weighted by molar-refractivity contribution is 5.80. The van der Waals surface area contributed by atoms with Crippen LogP contribution in [0.1, 0.15) is 52.9 Å². The maximum atomic E-state index is 4.87. The van der Waals surface area contributed by atoms with Gasteiger partial charge in [0.15, 0.2) is 5.96 Å². The molecule has 1 N–H and O–H groups in total.